The third kappa shape index (κ3) is 3.14. The molecule has 0 aliphatic carbocycles. The lowest BCUT2D eigenvalue weighted by atomic mass is 10.1. The second-order valence-corrected chi connectivity index (χ2v) is 5.95. The zero-order valence-electron chi connectivity index (χ0n) is 13.8. The monoisotopic (exact) mass is 307 g/mol. The van der Waals surface area contributed by atoms with Gasteiger partial charge in [-0.3, -0.25) is 4.79 Å². The van der Waals surface area contributed by atoms with Crippen LogP contribution < -0.4 is 10.3 Å². The van der Waals surface area contributed by atoms with Crippen molar-refractivity contribution in [2.24, 2.45) is 0 Å². The van der Waals surface area contributed by atoms with Crippen molar-refractivity contribution in [3.8, 4) is 5.75 Å². The lowest BCUT2D eigenvalue weighted by molar-refractivity contribution is 0.298. The fourth-order valence-corrected chi connectivity index (χ4v) is 2.90. The van der Waals surface area contributed by atoms with Gasteiger partial charge in [-0.15, -0.1) is 0 Å². The molecule has 1 aromatic heterocycles. The zero-order valence-corrected chi connectivity index (χ0v) is 13.8. The Kier molecular flexibility index (Phi) is 4.20. The van der Waals surface area contributed by atoms with E-state index in [1.54, 1.807) is 6.07 Å². The molecule has 0 radical (unpaired) electrons. The molecular weight excluding hydrogens is 286 g/mol. The highest BCUT2D eigenvalue weighted by molar-refractivity contribution is 5.85. The van der Waals surface area contributed by atoms with Gasteiger partial charge in [-0.25, -0.2) is 0 Å². The van der Waals surface area contributed by atoms with Crippen LogP contribution in [-0.2, 0) is 6.54 Å². The van der Waals surface area contributed by atoms with E-state index in [0.717, 1.165) is 27.8 Å². The summed E-state index contributed by atoms with van der Waals surface area (Å²) >= 11 is 0. The lowest BCUT2D eigenvalue weighted by Crippen LogP contribution is -2.24. The number of hydrogen-bond donors (Lipinski definition) is 0. The first-order chi connectivity index (χ1) is 11.1. The number of benzene rings is 2. The number of aromatic nitrogens is 1. The molecule has 3 aromatic rings. The van der Waals surface area contributed by atoms with Gasteiger partial charge in [0, 0.05) is 11.5 Å². The average molecular weight is 307 g/mol. The van der Waals surface area contributed by atoms with Gasteiger partial charge in [0.1, 0.15) is 12.4 Å². The van der Waals surface area contributed by atoms with Gasteiger partial charge < -0.3 is 9.30 Å². The van der Waals surface area contributed by atoms with Crippen molar-refractivity contribution in [2.75, 3.05) is 6.61 Å². The molecule has 0 aliphatic rings. The molecule has 0 N–H and O–H groups in total. The molecule has 0 unspecified atom stereocenters. The summed E-state index contributed by atoms with van der Waals surface area (Å²) in [5, 5.41) is 1.12. The van der Waals surface area contributed by atoms with Gasteiger partial charge in [-0.05, 0) is 44.0 Å². The Bertz CT molecular complexity index is 892. The molecular formula is C20H21NO2. The average Bonchev–Trinajstić information content (AvgIpc) is 2.53. The first-order valence-corrected chi connectivity index (χ1v) is 7.85. The maximum Gasteiger partial charge on any atom is 0.251 e. The van der Waals surface area contributed by atoms with E-state index >= 15 is 0 Å². The van der Waals surface area contributed by atoms with Crippen LogP contribution in [0.4, 0.5) is 0 Å². The van der Waals surface area contributed by atoms with Crippen molar-refractivity contribution in [3.63, 3.8) is 0 Å². The van der Waals surface area contributed by atoms with E-state index in [-0.39, 0.29) is 5.56 Å². The Morgan fingerprint density at radius 3 is 2.43 bits per heavy atom. The normalized spacial score (nSPS) is 10.9. The SMILES string of the molecule is Cc1ccc(OCCn2c(=O)cc(C)c3cccc(C)c32)cc1. The van der Waals surface area contributed by atoms with E-state index in [2.05, 4.69) is 6.07 Å². The fourth-order valence-electron chi connectivity index (χ4n) is 2.90. The summed E-state index contributed by atoms with van der Waals surface area (Å²) in [7, 11) is 0. The Balaban J connectivity index is 1.88. The molecule has 0 fully saturated rings. The minimum absolute atomic E-state index is 0.0248. The molecule has 0 aliphatic heterocycles. The summed E-state index contributed by atoms with van der Waals surface area (Å²) in [6.45, 7) is 7.07. The van der Waals surface area contributed by atoms with Crippen LogP contribution in [0.5, 0.6) is 5.75 Å². The maximum absolute atomic E-state index is 12.4. The zero-order chi connectivity index (χ0) is 16.4. The van der Waals surface area contributed by atoms with Gasteiger partial charge in [0.15, 0.2) is 0 Å². The summed E-state index contributed by atoms with van der Waals surface area (Å²) in [5.74, 6) is 0.830. The van der Waals surface area contributed by atoms with Crippen molar-refractivity contribution in [1.82, 2.24) is 4.57 Å². The fraction of sp³-hybridized carbons (Fsp3) is 0.250. The first-order valence-electron chi connectivity index (χ1n) is 7.85. The van der Waals surface area contributed by atoms with Gasteiger partial charge >= 0.3 is 0 Å². The Morgan fingerprint density at radius 1 is 0.957 bits per heavy atom. The van der Waals surface area contributed by atoms with E-state index in [1.165, 1.54) is 5.56 Å². The minimum atomic E-state index is 0.0248. The predicted octanol–water partition coefficient (Wildman–Crippen LogP) is 4.01. The van der Waals surface area contributed by atoms with E-state index in [1.807, 2.05) is 61.7 Å². The maximum atomic E-state index is 12.4. The Morgan fingerprint density at radius 2 is 1.70 bits per heavy atom. The predicted molar refractivity (Wildman–Crippen MR) is 94.4 cm³/mol. The molecule has 0 amide bonds. The van der Waals surface area contributed by atoms with Crippen LogP contribution in [0.25, 0.3) is 10.9 Å². The molecule has 0 bridgehead atoms. The molecule has 2 aromatic carbocycles. The number of pyridine rings is 1. The number of aryl methyl sites for hydroxylation is 3. The molecule has 3 rings (SSSR count). The number of fused-ring (bicyclic) bond motifs is 1. The number of para-hydroxylation sites is 1. The summed E-state index contributed by atoms with van der Waals surface area (Å²) in [6.07, 6.45) is 0. The van der Waals surface area contributed by atoms with Crippen LogP contribution >= 0.6 is 0 Å². The summed E-state index contributed by atoms with van der Waals surface area (Å²) in [6, 6.07) is 15.8. The van der Waals surface area contributed by atoms with E-state index in [0.29, 0.717) is 13.2 Å². The Labute approximate surface area is 136 Å². The highest BCUT2D eigenvalue weighted by Gasteiger charge is 2.08. The first kappa shape index (κ1) is 15.3. The molecule has 23 heavy (non-hydrogen) atoms. The quantitative estimate of drug-likeness (QED) is 0.729. The molecule has 3 nitrogen and oxygen atoms in total. The van der Waals surface area contributed by atoms with Gasteiger partial charge in [0.05, 0.1) is 12.1 Å². The number of rotatable bonds is 4. The summed E-state index contributed by atoms with van der Waals surface area (Å²) < 4.78 is 7.59. The van der Waals surface area contributed by atoms with E-state index < -0.39 is 0 Å². The van der Waals surface area contributed by atoms with Crippen LogP contribution in [0.15, 0.2) is 53.3 Å². The molecule has 0 atom stereocenters. The summed E-state index contributed by atoms with van der Waals surface area (Å²) in [4.78, 5) is 12.4. The Hall–Kier alpha value is -2.55. The van der Waals surface area contributed by atoms with E-state index in [4.69, 9.17) is 4.74 Å². The van der Waals surface area contributed by atoms with Crippen LogP contribution in [0.3, 0.4) is 0 Å². The van der Waals surface area contributed by atoms with Crippen molar-refractivity contribution in [2.45, 2.75) is 27.3 Å². The van der Waals surface area contributed by atoms with Gasteiger partial charge in [0.25, 0.3) is 5.56 Å². The third-order valence-corrected chi connectivity index (χ3v) is 4.14. The topological polar surface area (TPSA) is 31.2 Å². The van der Waals surface area contributed by atoms with Gasteiger partial charge in [0.2, 0.25) is 0 Å². The largest absolute Gasteiger partial charge is 0.492 e. The standard InChI is InChI=1S/C20H21NO2/c1-14-7-9-17(10-8-14)23-12-11-21-19(22)13-16(3)18-6-4-5-15(2)20(18)21/h4-10,13H,11-12H2,1-3H3. The number of nitrogens with zero attached hydrogens (tertiary/aromatic N) is 1. The molecule has 0 saturated carbocycles. The van der Waals surface area contributed by atoms with Crippen molar-refractivity contribution in [1.29, 1.82) is 0 Å². The minimum Gasteiger partial charge on any atom is -0.492 e. The molecule has 0 spiro atoms. The second-order valence-electron chi connectivity index (χ2n) is 5.95. The van der Waals surface area contributed by atoms with Crippen molar-refractivity contribution >= 4 is 10.9 Å². The number of ether oxygens (including phenoxy) is 1. The van der Waals surface area contributed by atoms with Crippen LogP contribution in [0.1, 0.15) is 16.7 Å². The molecule has 1 heterocycles. The highest BCUT2D eigenvalue weighted by atomic mass is 16.5. The lowest BCUT2D eigenvalue weighted by Gasteiger charge is -2.14. The van der Waals surface area contributed by atoms with Crippen LogP contribution in [-0.4, -0.2) is 11.2 Å². The van der Waals surface area contributed by atoms with Gasteiger partial charge in [-0.2, -0.15) is 0 Å². The van der Waals surface area contributed by atoms with Gasteiger partial charge in [-0.1, -0.05) is 35.9 Å². The molecule has 118 valence electrons. The third-order valence-electron chi connectivity index (χ3n) is 4.14. The second kappa shape index (κ2) is 6.29. The highest BCUT2D eigenvalue weighted by Crippen LogP contribution is 2.20. The molecule has 0 saturated heterocycles. The van der Waals surface area contributed by atoms with E-state index in [9.17, 15) is 4.79 Å². The van der Waals surface area contributed by atoms with Crippen molar-refractivity contribution < 1.29 is 4.74 Å². The van der Waals surface area contributed by atoms with Crippen LogP contribution in [0.2, 0.25) is 0 Å². The number of hydrogen-bond acceptors (Lipinski definition) is 2. The smallest absolute Gasteiger partial charge is 0.251 e. The van der Waals surface area contributed by atoms with Crippen molar-refractivity contribution in [3.05, 3.63) is 75.6 Å². The molecule has 3 heteroatoms. The van der Waals surface area contributed by atoms with Crippen LogP contribution in [0, 0.1) is 20.8 Å². The summed E-state index contributed by atoms with van der Waals surface area (Å²) in [5.41, 5.74) is 4.36.